The topological polar surface area (TPSA) is 38.1 Å². The molecule has 1 aliphatic rings. The largest absolute Gasteiger partial charge is 0.435 e. The number of halogens is 2. The van der Waals surface area contributed by atoms with Crippen LogP contribution in [0.25, 0.3) is 22.6 Å². The molecule has 5 heteroatoms. The molecule has 3 nitrogen and oxygen atoms in total. The molecule has 3 aromatic rings. The Balaban J connectivity index is 1.88. The molecule has 0 fully saturated rings. The van der Waals surface area contributed by atoms with Crippen LogP contribution in [0.15, 0.2) is 34.7 Å². The van der Waals surface area contributed by atoms with Crippen molar-refractivity contribution in [3.8, 4) is 11.5 Å². The van der Waals surface area contributed by atoms with Gasteiger partial charge in [-0.15, -0.1) is 0 Å². The molecule has 4 rings (SSSR count). The molecule has 100 valence electrons. The first-order valence-electron chi connectivity index (χ1n) is 6.33. The summed E-state index contributed by atoms with van der Waals surface area (Å²) < 4.78 is 5.77. The molecule has 2 aromatic carbocycles. The van der Waals surface area contributed by atoms with Gasteiger partial charge in [-0.2, -0.15) is 0 Å². The summed E-state index contributed by atoms with van der Waals surface area (Å²) in [6.45, 7) is 0.980. The molecular weight excluding hydrogens is 295 g/mol. The van der Waals surface area contributed by atoms with Crippen LogP contribution in [0, 0.1) is 0 Å². The highest BCUT2D eigenvalue weighted by Gasteiger charge is 2.15. The zero-order valence-electron chi connectivity index (χ0n) is 10.4. The van der Waals surface area contributed by atoms with Crippen LogP contribution in [0.5, 0.6) is 0 Å². The molecule has 0 amide bonds. The third-order valence-electron chi connectivity index (χ3n) is 3.48. The quantitative estimate of drug-likeness (QED) is 0.703. The van der Waals surface area contributed by atoms with E-state index in [0.717, 1.165) is 24.2 Å². The lowest BCUT2D eigenvalue weighted by Gasteiger charge is -2.01. The lowest BCUT2D eigenvalue weighted by atomic mass is 10.1. The summed E-state index contributed by atoms with van der Waals surface area (Å²) in [7, 11) is 0. The number of rotatable bonds is 1. The maximum absolute atomic E-state index is 6.13. The fourth-order valence-electron chi connectivity index (χ4n) is 2.51. The van der Waals surface area contributed by atoms with Gasteiger partial charge >= 0.3 is 0 Å². The predicted molar refractivity (Wildman–Crippen MR) is 81.7 cm³/mol. The molecule has 0 unspecified atom stereocenters. The molecule has 2 heterocycles. The van der Waals surface area contributed by atoms with Gasteiger partial charge in [0.1, 0.15) is 5.52 Å². The highest BCUT2D eigenvalue weighted by Crippen LogP contribution is 2.34. The average molecular weight is 305 g/mol. The maximum atomic E-state index is 6.13. The van der Waals surface area contributed by atoms with Crippen molar-refractivity contribution >= 4 is 40.0 Å². The fraction of sp³-hybridized carbons (Fsp3) is 0.133. The monoisotopic (exact) mass is 304 g/mol. The zero-order valence-corrected chi connectivity index (χ0v) is 11.9. The van der Waals surface area contributed by atoms with Crippen molar-refractivity contribution < 1.29 is 4.42 Å². The molecule has 0 aliphatic carbocycles. The normalized spacial score (nSPS) is 13.5. The second-order valence-corrected chi connectivity index (χ2v) is 5.65. The van der Waals surface area contributed by atoms with Gasteiger partial charge in [0.2, 0.25) is 5.89 Å². The fourth-order valence-corrected chi connectivity index (χ4v) is 3.03. The van der Waals surface area contributed by atoms with Crippen molar-refractivity contribution in [1.82, 2.24) is 4.98 Å². The first kappa shape index (κ1) is 12.1. The van der Waals surface area contributed by atoms with E-state index in [1.807, 2.05) is 6.07 Å². The van der Waals surface area contributed by atoms with Gasteiger partial charge in [-0.05, 0) is 36.2 Å². The first-order chi connectivity index (χ1) is 9.70. The van der Waals surface area contributed by atoms with E-state index in [1.165, 1.54) is 5.56 Å². The van der Waals surface area contributed by atoms with Crippen LogP contribution in [-0.2, 0) is 6.42 Å². The number of nitrogens with one attached hydrogen (secondary N) is 1. The summed E-state index contributed by atoms with van der Waals surface area (Å²) >= 11 is 12.1. The predicted octanol–water partition coefficient (Wildman–Crippen LogP) is 4.77. The Hall–Kier alpha value is -1.71. The number of aromatic nitrogens is 1. The Kier molecular flexibility index (Phi) is 2.65. The third kappa shape index (κ3) is 1.86. The Morgan fingerprint density at radius 1 is 1.15 bits per heavy atom. The van der Waals surface area contributed by atoms with Crippen molar-refractivity contribution in [2.45, 2.75) is 6.42 Å². The first-order valence-corrected chi connectivity index (χ1v) is 7.09. The van der Waals surface area contributed by atoms with Crippen molar-refractivity contribution in [2.75, 3.05) is 11.9 Å². The van der Waals surface area contributed by atoms with Crippen LogP contribution in [0.1, 0.15) is 5.56 Å². The smallest absolute Gasteiger partial charge is 0.227 e. The molecule has 0 saturated carbocycles. The Labute approximate surface area is 125 Å². The molecule has 1 aliphatic heterocycles. The summed E-state index contributed by atoms with van der Waals surface area (Å²) in [6.07, 6.45) is 1.06. The molecule has 0 atom stereocenters. The van der Waals surface area contributed by atoms with E-state index < -0.39 is 0 Å². The average Bonchev–Trinajstić information content (AvgIpc) is 3.03. The van der Waals surface area contributed by atoms with Crippen molar-refractivity contribution in [3.05, 3.63) is 45.9 Å². The second-order valence-electron chi connectivity index (χ2n) is 4.80. The van der Waals surface area contributed by atoms with E-state index in [0.29, 0.717) is 27.0 Å². The lowest BCUT2D eigenvalue weighted by Crippen LogP contribution is -1.91. The van der Waals surface area contributed by atoms with Gasteiger partial charge in [-0.1, -0.05) is 29.3 Å². The van der Waals surface area contributed by atoms with Gasteiger partial charge in [-0.3, -0.25) is 0 Å². The van der Waals surface area contributed by atoms with Crippen LogP contribution < -0.4 is 5.32 Å². The summed E-state index contributed by atoms with van der Waals surface area (Å²) in [5.74, 6) is 0.556. The van der Waals surface area contributed by atoms with Gasteiger partial charge in [0.15, 0.2) is 5.58 Å². The molecule has 0 saturated heterocycles. The minimum atomic E-state index is 0.477. The summed E-state index contributed by atoms with van der Waals surface area (Å²) in [6, 6.07) is 9.59. The van der Waals surface area contributed by atoms with Gasteiger partial charge in [0, 0.05) is 22.8 Å². The van der Waals surface area contributed by atoms with Crippen molar-refractivity contribution in [3.63, 3.8) is 0 Å². The van der Waals surface area contributed by atoms with E-state index in [1.54, 1.807) is 12.1 Å². The van der Waals surface area contributed by atoms with Gasteiger partial charge < -0.3 is 9.73 Å². The number of oxazole rings is 1. The number of hydrogen-bond acceptors (Lipinski definition) is 3. The van der Waals surface area contributed by atoms with E-state index >= 15 is 0 Å². The van der Waals surface area contributed by atoms with Crippen LogP contribution >= 0.6 is 23.2 Å². The highest BCUT2D eigenvalue weighted by molar-refractivity contribution is 6.38. The van der Waals surface area contributed by atoms with E-state index in [-0.39, 0.29) is 0 Å². The summed E-state index contributed by atoms with van der Waals surface area (Å²) in [4.78, 5) is 4.47. The van der Waals surface area contributed by atoms with Crippen LogP contribution in [0.4, 0.5) is 5.69 Å². The minimum Gasteiger partial charge on any atom is -0.435 e. The number of nitrogens with zero attached hydrogens (tertiary/aromatic N) is 1. The number of benzene rings is 2. The highest BCUT2D eigenvalue weighted by atomic mass is 35.5. The molecular formula is C15H10Cl2N2O. The van der Waals surface area contributed by atoms with E-state index in [4.69, 9.17) is 27.6 Å². The Morgan fingerprint density at radius 2 is 2.05 bits per heavy atom. The molecule has 0 spiro atoms. The van der Waals surface area contributed by atoms with Crippen molar-refractivity contribution in [1.29, 1.82) is 0 Å². The summed E-state index contributed by atoms with van der Waals surface area (Å²) in [5.41, 5.74) is 4.65. The van der Waals surface area contributed by atoms with E-state index in [9.17, 15) is 0 Å². The maximum Gasteiger partial charge on any atom is 0.227 e. The summed E-state index contributed by atoms with van der Waals surface area (Å²) in [5, 5.41) is 4.38. The number of hydrogen-bond donors (Lipinski definition) is 1. The zero-order chi connectivity index (χ0) is 13.7. The Morgan fingerprint density at radius 3 is 2.95 bits per heavy atom. The molecule has 1 N–H and O–H groups in total. The minimum absolute atomic E-state index is 0.477. The Bertz CT molecular complexity index is 826. The lowest BCUT2D eigenvalue weighted by molar-refractivity contribution is 0.620. The number of anilines is 1. The SMILES string of the molecule is Clc1cc(Cl)c2oc(-c3ccc4c(c3)NCC4)nc2c1. The second kappa shape index (κ2) is 4.40. The molecule has 0 radical (unpaired) electrons. The van der Waals surface area contributed by atoms with E-state index in [2.05, 4.69) is 22.4 Å². The number of fused-ring (bicyclic) bond motifs is 2. The molecule has 20 heavy (non-hydrogen) atoms. The van der Waals surface area contributed by atoms with Crippen LogP contribution in [-0.4, -0.2) is 11.5 Å². The molecule has 1 aromatic heterocycles. The van der Waals surface area contributed by atoms with Crippen LogP contribution in [0.3, 0.4) is 0 Å². The standard InChI is InChI=1S/C15H10Cl2N2O/c16-10-6-11(17)14-13(7-10)19-15(20-14)9-2-1-8-3-4-18-12(8)5-9/h1-2,5-7,18H,3-4H2. The van der Waals surface area contributed by atoms with Gasteiger partial charge in [0.25, 0.3) is 0 Å². The third-order valence-corrected chi connectivity index (χ3v) is 3.98. The van der Waals surface area contributed by atoms with Crippen LogP contribution in [0.2, 0.25) is 10.0 Å². The molecule has 0 bridgehead atoms. The van der Waals surface area contributed by atoms with Gasteiger partial charge in [-0.25, -0.2) is 4.98 Å². The van der Waals surface area contributed by atoms with Gasteiger partial charge in [0.05, 0.1) is 5.02 Å². The van der Waals surface area contributed by atoms with Crippen molar-refractivity contribution in [2.24, 2.45) is 0 Å².